The maximum Gasteiger partial charge on any atom is 0.318 e. The van der Waals surface area contributed by atoms with Gasteiger partial charge in [-0.15, -0.1) is 0 Å². The SMILES string of the molecule is CCCC(=N)C(C(=O)O)C1=CC=CC=CN1. The van der Waals surface area contributed by atoms with Crippen LogP contribution in [0.25, 0.3) is 0 Å². The zero-order valence-electron chi connectivity index (χ0n) is 9.23. The third kappa shape index (κ3) is 3.08. The van der Waals surface area contributed by atoms with E-state index in [0.29, 0.717) is 12.1 Å². The van der Waals surface area contributed by atoms with Crippen molar-refractivity contribution in [3.05, 3.63) is 36.2 Å². The van der Waals surface area contributed by atoms with Crippen LogP contribution in [-0.4, -0.2) is 16.8 Å². The molecule has 0 fully saturated rings. The number of allylic oxidation sites excluding steroid dienone is 4. The summed E-state index contributed by atoms with van der Waals surface area (Å²) in [6, 6.07) is 0. The first-order chi connectivity index (χ1) is 7.66. The summed E-state index contributed by atoms with van der Waals surface area (Å²) in [5.41, 5.74) is 0.772. The Bertz CT molecular complexity index is 367. The van der Waals surface area contributed by atoms with Crippen LogP contribution >= 0.6 is 0 Å². The molecule has 4 nitrogen and oxygen atoms in total. The van der Waals surface area contributed by atoms with Crippen LogP contribution in [0.3, 0.4) is 0 Å². The molecule has 0 aliphatic carbocycles. The molecule has 0 aromatic carbocycles. The summed E-state index contributed by atoms with van der Waals surface area (Å²) in [5, 5.41) is 19.8. The van der Waals surface area contributed by atoms with Gasteiger partial charge in [0.15, 0.2) is 0 Å². The average Bonchev–Trinajstić information content (AvgIpc) is 2.46. The quantitative estimate of drug-likeness (QED) is 0.621. The zero-order valence-corrected chi connectivity index (χ0v) is 9.23. The summed E-state index contributed by atoms with van der Waals surface area (Å²) in [6.45, 7) is 1.93. The highest BCUT2D eigenvalue weighted by Gasteiger charge is 2.26. The minimum atomic E-state index is -0.985. The van der Waals surface area contributed by atoms with Crippen molar-refractivity contribution in [2.75, 3.05) is 0 Å². The van der Waals surface area contributed by atoms with Crippen LogP contribution in [0.5, 0.6) is 0 Å². The van der Waals surface area contributed by atoms with E-state index in [1.165, 1.54) is 0 Å². The van der Waals surface area contributed by atoms with E-state index in [1.54, 1.807) is 24.4 Å². The number of nitrogens with one attached hydrogen (secondary N) is 2. The van der Waals surface area contributed by atoms with Gasteiger partial charge in [-0.05, 0) is 18.6 Å². The van der Waals surface area contributed by atoms with Gasteiger partial charge in [0.05, 0.1) is 0 Å². The van der Waals surface area contributed by atoms with Gasteiger partial charge in [-0.1, -0.05) is 25.5 Å². The Balaban J connectivity index is 2.89. The first kappa shape index (κ1) is 12.2. The van der Waals surface area contributed by atoms with Crippen LogP contribution in [0.4, 0.5) is 0 Å². The van der Waals surface area contributed by atoms with Gasteiger partial charge in [-0.25, -0.2) is 0 Å². The second kappa shape index (κ2) is 5.90. The predicted molar refractivity (Wildman–Crippen MR) is 63.3 cm³/mol. The Hall–Kier alpha value is -1.84. The van der Waals surface area contributed by atoms with Crippen molar-refractivity contribution in [3.63, 3.8) is 0 Å². The van der Waals surface area contributed by atoms with E-state index >= 15 is 0 Å². The van der Waals surface area contributed by atoms with E-state index in [2.05, 4.69) is 5.32 Å². The topological polar surface area (TPSA) is 73.2 Å². The molecule has 1 aliphatic rings. The highest BCUT2D eigenvalue weighted by molar-refractivity contribution is 6.02. The predicted octanol–water partition coefficient (Wildman–Crippen LogP) is 2.06. The monoisotopic (exact) mass is 220 g/mol. The molecule has 4 heteroatoms. The third-order valence-electron chi connectivity index (χ3n) is 2.27. The first-order valence-corrected chi connectivity index (χ1v) is 5.27. The molecule has 0 amide bonds. The van der Waals surface area contributed by atoms with Crippen molar-refractivity contribution in [3.8, 4) is 0 Å². The Kier molecular flexibility index (Phi) is 4.51. The number of rotatable bonds is 5. The molecule has 0 aromatic heterocycles. The smallest absolute Gasteiger partial charge is 0.318 e. The van der Waals surface area contributed by atoms with E-state index in [9.17, 15) is 4.79 Å². The van der Waals surface area contributed by atoms with Gasteiger partial charge in [0, 0.05) is 17.6 Å². The van der Waals surface area contributed by atoms with E-state index in [0.717, 1.165) is 6.42 Å². The van der Waals surface area contributed by atoms with Crippen molar-refractivity contribution in [2.24, 2.45) is 5.92 Å². The van der Waals surface area contributed by atoms with Crippen molar-refractivity contribution in [1.29, 1.82) is 5.41 Å². The molecule has 1 atom stereocenters. The lowest BCUT2D eigenvalue weighted by atomic mass is 9.95. The van der Waals surface area contributed by atoms with E-state index in [-0.39, 0.29) is 5.71 Å². The number of carboxylic acid groups (broad SMARTS) is 1. The summed E-state index contributed by atoms with van der Waals surface area (Å²) in [7, 11) is 0. The normalized spacial score (nSPS) is 15.9. The molecule has 3 N–H and O–H groups in total. The third-order valence-corrected chi connectivity index (χ3v) is 2.27. The van der Waals surface area contributed by atoms with Gasteiger partial charge in [0.25, 0.3) is 0 Å². The van der Waals surface area contributed by atoms with Crippen molar-refractivity contribution in [1.82, 2.24) is 5.32 Å². The maximum absolute atomic E-state index is 11.2. The number of hydrogen-bond acceptors (Lipinski definition) is 3. The first-order valence-electron chi connectivity index (χ1n) is 5.27. The lowest BCUT2D eigenvalue weighted by molar-refractivity contribution is -0.138. The largest absolute Gasteiger partial charge is 0.480 e. The van der Waals surface area contributed by atoms with Gasteiger partial charge in [0.2, 0.25) is 0 Å². The molecule has 0 bridgehead atoms. The highest BCUT2D eigenvalue weighted by Crippen LogP contribution is 2.15. The molecule has 0 aromatic rings. The number of hydrogen-bond donors (Lipinski definition) is 3. The fourth-order valence-electron chi connectivity index (χ4n) is 1.53. The maximum atomic E-state index is 11.2. The molecule has 1 rings (SSSR count). The number of carbonyl (C=O) groups is 1. The van der Waals surface area contributed by atoms with Gasteiger partial charge >= 0.3 is 5.97 Å². The van der Waals surface area contributed by atoms with Crippen LogP contribution in [0.2, 0.25) is 0 Å². The summed E-state index contributed by atoms with van der Waals surface area (Å²) in [6.07, 6.45) is 10.0. The van der Waals surface area contributed by atoms with Crippen LogP contribution in [0, 0.1) is 11.3 Å². The minimum Gasteiger partial charge on any atom is -0.480 e. The van der Waals surface area contributed by atoms with Crippen LogP contribution in [-0.2, 0) is 4.79 Å². The van der Waals surface area contributed by atoms with Crippen LogP contribution in [0.15, 0.2) is 36.2 Å². The van der Waals surface area contributed by atoms with Gasteiger partial charge in [0.1, 0.15) is 5.92 Å². The summed E-state index contributed by atoms with van der Waals surface area (Å²) >= 11 is 0. The summed E-state index contributed by atoms with van der Waals surface area (Å²) in [4.78, 5) is 11.2. The van der Waals surface area contributed by atoms with Gasteiger partial charge in [-0.2, -0.15) is 0 Å². The summed E-state index contributed by atoms with van der Waals surface area (Å²) < 4.78 is 0. The van der Waals surface area contributed by atoms with E-state index in [4.69, 9.17) is 10.5 Å². The lowest BCUT2D eigenvalue weighted by Gasteiger charge is -2.16. The number of aliphatic carboxylic acids is 1. The molecule has 0 saturated carbocycles. The Morgan fingerprint density at radius 1 is 1.50 bits per heavy atom. The Morgan fingerprint density at radius 2 is 2.25 bits per heavy atom. The Labute approximate surface area is 94.9 Å². The lowest BCUT2D eigenvalue weighted by Crippen LogP contribution is -2.30. The molecular formula is C12H16N2O2. The molecule has 1 heterocycles. The molecular weight excluding hydrogens is 204 g/mol. The standard InChI is InChI=1S/C12H16N2O2/c1-2-6-9(13)11(12(15)16)10-7-4-3-5-8-14-10/h3-5,7-8,11,13-14H,2,6H2,1H3,(H,15,16). The second-order valence-electron chi connectivity index (χ2n) is 3.56. The average molecular weight is 220 g/mol. The Morgan fingerprint density at radius 3 is 2.88 bits per heavy atom. The molecule has 0 radical (unpaired) electrons. The molecule has 0 spiro atoms. The van der Waals surface area contributed by atoms with Crippen LogP contribution < -0.4 is 5.32 Å². The van der Waals surface area contributed by atoms with Gasteiger partial charge < -0.3 is 15.8 Å². The molecule has 1 unspecified atom stereocenters. The van der Waals surface area contributed by atoms with Crippen molar-refractivity contribution >= 4 is 11.7 Å². The van der Waals surface area contributed by atoms with Crippen molar-refractivity contribution < 1.29 is 9.90 Å². The molecule has 1 aliphatic heterocycles. The highest BCUT2D eigenvalue weighted by atomic mass is 16.4. The van der Waals surface area contributed by atoms with E-state index < -0.39 is 11.9 Å². The molecule has 86 valence electrons. The van der Waals surface area contributed by atoms with E-state index in [1.807, 2.05) is 13.0 Å². The summed E-state index contributed by atoms with van der Waals surface area (Å²) in [5.74, 6) is -1.85. The second-order valence-corrected chi connectivity index (χ2v) is 3.56. The van der Waals surface area contributed by atoms with Gasteiger partial charge in [-0.3, -0.25) is 4.79 Å². The minimum absolute atomic E-state index is 0.234. The zero-order chi connectivity index (χ0) is 12.0. The van der Waals surface area contributed by atoms with Crippen LogP contribution in [0.1, 0.15) is 19.8 Å². The van der Waals surface area contributed by atoms with Crippen molar-refractivity contribution in [2.45, 2.75) is 19.8 Å². The molecule has 16 heavy (non-hydrogen) atoms. The number of carboxylic acids is 1. The fourth-order valence-corrected chi connectivity index (χ4v) is 1.53. The fraction of sp³-hybridized carbons (Fsp3) is 0.333. The molecule has 0 saturated heterocycles.